The van der Waals surface area contributed by atoms with Gasteiger partial charge in [-0.15, -0.1) is 11.8 Å². The quantitative estimate of drug-likeness (QED) is 0.795. The molecule has 128 valence electrons. The maximum Gasteiger partial charge on any atom is 0.326 e. The van der Waals surface area contributed by atoms with E-state index >= 15 is 0 Å². The van der Waals surface area contributed by atoms with Crippen molar-refractivity contribution in [1.82, 2.24) is 10.2 Å². The zero-order valence-electron chi connectivity index (χ0n) is 13.1. The van der Waals surface area contributed by atoms with Crippen molar-refractivity contribution in [1.29, 1.82) is 0 Å². The number of benzene rings is 1. The van der Waals surface area contributed by atoms with Gasteiger partial charge in [0, 0.05) is 11.3 Å². The van der Waals surface area contributed by atoms with Crippen molar-refractivity contribution in [3.05, 3.63) is 35.4 Å². The van der Waals surface area contributed by atoms with Gasteiger partial charge in [0.2, 0.25) is 5.91 Å². The molecule has 1 aromatic carbocycles. The summed E-state index contributed by atoms with van der Waals surface area (Å²) in [7, 11) is 0. The van der Waals surface area contributed by atoms with E-state index in [1.807, 2.05) is 24.5 Å². The van der Waals surface area contributed by atoms with Gasteiger partial charge in [0.1, 0.15) is 17.5 Å². The zero-order valence-corrected chi connectivity index (χ0v) is 14.7. The first-order valence-electron chi connectivity index (χ1n) is 7.60. The predicted molar refractivity (Wildman–Crippen MR) is 94.2 cm³/mol. The molecule has 2 N–H and O–H groups in total. The maximum absolute atomic E-state index is 12.6. The molecular formula is C16H18N2O4S2. The smallest absolute Gasteiger partial charge is 0.326 e. The van der Waals surface area contributed by atoms with E-state index in [2.05, 4.69) is 5.32 Å². The molecule has 24 heavy (non-hydrogen) atoms. The van der Waals surface area contributed by atoms with Crippen LogP contribution < -0.4 is 5.32 Å². The molecule has 0 spiro atoms. The van der Waals surface area contributed by atoms with Crippen LogP contribution in [0.3, 0.4) is 0 Å². The normalized spacial score (nSPS) is 22.9. The van der Waals surface area contributed by atoms with Crippen LogP contribution in [-0.4, -0.2) is 57.6 Å². The molecule has 2 aliphatic heterocycles. The molecule has 1 saturated heterocycles. The van der Waals surface area contributed by atoms with Crippen LogP contribution in [0.5, 0.6) is 0 Å². The highest BCUT2D eigenvalue weighted by Crippen LogP contribution is 2.48. The molecule has 0 radical (unpaired) electrons. The van der Waals surface area contributed by atoms with Crippen LogP contribution in [0.4, 0.5) is 0 Å². The highest BCUT2D eigenvalue weighted by atomic mass is 32.2. The summed E-state index contributed by atoms with van der Waals surface area (Å²) < 4.78 is 0. The highest BCUT2D eigenvalue weighted by Gasteiger charge is 2.48. The number of thioether (sulfide) groups is 2. The van der Waals surface area contributed by atoms with Gasteiger partial charge in [-0.1, -0.05) is 18.2 Å². The highest BCUT2D eigenvalue weighted by molar-refractivity contribution is 7.99. The third kappa shape index (κ3) is 3.00. The molecule has 1 aromatic rings. The molecular weight excluding hydrogens is 348 g/mol. The number of rotatable bonds is 6. The average Bonchev–Trinajstić information content (AvgIpc) is 3.12. The summed E-state index contributed by atoms with van der Waals surface area (Å²) in [5, 5.41) is 11.7. The summed E-state index contributed by atoms with van der Waals surface area (Å²) in [5.41, 5.74) is 1.56. The molecule has 2 heterocycles. The third-order valence-electron chi connectivity index (χ3n) is 4.22. The number of hydrogen-bond donors (Lipinski definition) is 2. The van der Waals surface area contributed by atoms with Crippen molar-refractivity contribution in [2.24, 2.45) is 0 Å². The molecule has 8 heteroatoms. The van der Waals surface area contributed by atoms with Gasteiger partial charge in [0.15, 0.2) is 0 Å². The minimum Gasteiger partial charge on any atom is -0.480 e. The van der Waals surface area contributed by atoms with Crippen LogP contribution in [0, 0.1) is 0 Å². The SMILES string of the molecule is CSCC[C@@H](NC(=O)[C@@H]1CS[C@@H]2c3ccccc3C(=O)N21)C(=O)O. The van der Waals surface area contributed by atoms with Crippen molar-refractivity contribution < 1.29 is 19.5 Å². The van der Waals surface area contributed by atoms with Gasteiger partial charge in [0.05, 0.1) is 0 Å². The first kappa shape index (κ1) is 17.2. The van der Waals surface area contributed by atoms with Crippen LogP contribution in [-0.2, 0) is 9.59 Å². The predicted octanol–water partition coefficient (Wildman–Crippen LogP) is 1.58. The number of fused-ring (bicyclic) bond motifs is 3. The van der Waals surface area contributed by atoms with Crippen LogP contribution in [0.25, 0.3) is 0 Å². The number of nitrogens with one attached hydrogen (secondary N) is 1. The minimum absolute atomic E-state index is 0.154. The lowest BCUT2D eigenvalue weighted by Gasteiger charge is -2.24. The molecule has 3 atom stereocenters. The van der Waals surface area contributed by atoms with Crippen molar-refractivity contribution in [3.63, 3.8) is 0 Å². The second-order valence-electron chi connectivity index (χ2n) is 5.68. The summed E-state index contributed by atoms with van der Waals surface area (Å²) in [6.45, 7) is 0. The molecule has 0 unspecified atom stereocenters. The summed E-state index contributed by atoms with van der Waals surface area (Å²) in [5.74, 6) is -0.467. The topological polar surface area (TPSA) is 86.7 Å². The lowest BCUT2D eigenvalue weighted by molar-refractivity contribution is -0.142. The van der Waals surface area contributed by atoms with Gasteiger partial charge in [-0.2, -0.15) is 11.8 Å². The van der Waals surface area contributed by atoms with Crippen LogP contribution in [0.2, 0.25) is 0 Å². The molecule has 0 aromatic heterocycles. The largest absolute Gasteiger partial charge is 0.480 e. The number of amides is 2. The van der Waals surface area contributed by atoms with Gasteiger partial charge < -0.3 is 15.3 Å². The standard InChI is InChI=1S/C16H18N2O4S2/c1-23-7-6-11(16(21)22)17-13(19)12-8-24-15-10-5-3-2-4-9(10)14(20)18(12)15/h2-5,11-12,15H,6-8H2,1H3,(H,17,19)(H,21,22)/t11-,12+,15-/m1/s1. The van der Waals surface area contributed by atoms with E-state index < -0.39 is 18.1 Å². The Hall–Kier alpha value is -1.67. The molecule has 2 amide bonds. The number of carbonyl (C=O) groups is 3. The molecule has 3 rings (SSSR count). The Morgan fingerprint density at radius 2 is 2.21 bits per heavy atom. The Morgan fingerprint density at radius 1 is 1.46 bits per heavy atom. The van der Waals surface area contributed by atoms with Gasteiger partial charge in [-0.3, -0.25) is 9.59 Å². The van der Waals surface area contributed by atoms with Crippen molar-refractivity contribution >= 4 is 41.3 Å². The Morgan fingerprint density at radius 3 is 2.92 bits per heavy atom. The second kappa shape index (κ2) is 7.06. The first-order chi connectivity index (χ1) is 11.5. The Bertz CT molecular complexity index is 682. The lowest BCUT2D eigenvalue weighted by Crippen LogP contribution is -2.51. The molecule has 0 bridgehead atoms. The minimum atomic E-state index is -1.05. The number of hydrogen-bond acceptors (Lipinski definition) is 5. The van der Waals surface area contributed by atoms with Crippen molar-refractivity contribution in [2.45, 2.75) is 23.9 Å². The summed E-state index contributed by atoms with van der Waals surface area (Å²) >= 11 is 3.07. The molecule has 0 saturated carbocycles. The van der Waals surface area contributed by atoms with Crippen LogP contribution in [0.1, 0.15) is 27.7 Å². The van der Waals surface area contributed by atoms with E-state index in [4.69, 9.17) is 0 Å². The number of carboxylic acid groups (broad SMARTS) is 1. The maximum atomic E-state index is 12.6. The summed E-state index contributed by atoms with van der Waals surface area (Å²) in [4.78, 5) is 38.1. The molecule has 0 aliphatic carbocycles. The fourth-order valence-corrected chi connectivity index (χ4v) is 4.94. The van der Waals surface area contributed by atoms with E-state index in [1.165, 1.54) is 11.8 Å². The Balaban J connectivity index is 1.74. The summed E-state index contributed by atoms with van der Waals surface area (Å²) in [6.07, 6.45) is 2.25. The zero-order chi connectivity index (χ0) is 17.3. The van der Waals surface area contributed by atoms with E-state index in [0.717, 1.165) is 5.56 Å². The van der Waals surface area contributed by atoms with Crippen LogP contribution in [0.15, 0.2) is 24.3 Å². The van der Waals surface area contributed by atoms with E-state index in [9.17, 15) is 19.5 Å². The number of aliphatic carboxylic acids is 1. The molecule has 1 fully saturated rings. The fourth-order valence-electron chi connectivity index (χ4n) is 3.00. The Kier molecular flexibility index (Phi) is 5.05. The summed E-state index contributed by atoms with van der Waals surface area (Å²) in [6, 6.07) is 5.81. The second-order valence-corrected chi connectivity index (χ2v) is 7.78. The lowest BCUT2D eigenvalue weighted by atomic mass is 10.1. The monoisotopic (exact) mass is 366 g/mol. The van der Waals surface area contributed by atoms with Gasteiger partial charge in [-0.25, -0.2) is 4.79 Å². The van der Waals surface area contributed by atoms with Gasteiger partial charge >= 0.3 is 5.97 Å². The average molecular weight is 366 g/mol. The van der Waals surface area contributed by atoms with Gasteiger partial charge in [-0.05, 0) is 30.1 Å². The van der Waals surface area contributed by atoms with E-state index in [1.54, 1.807) is 22.7 Å². The fraction of sp³-hybridized carbons (Fsp3) is 0.438. The molecule has 6 nitrogen and oxygen atoms in total. The first-order valence-corrected chi connectivity index (χ1v) is 10.0. The van der Waals surface area contributed by atoms with Crippen molar-refractivity contribution in [3.8, 4) is 0 Å². The number of carboxylic acids is 1. The third-order valence-corrected chi connectivity index (χ3v) is 6.17. The van der Waals surface area contributed by atoms with Crippen LogP contribution >= 0.6 is 23.5 Å². The van der Waals surface area contributed by atoms with E-state index in [-0.39, 0.29) is 17.2 Å². The van der Waals surface area contributed by atoms with Gasteiger partial charge in [0.25, 0.3) is 5.91 Å². The Labute approximate surface area is 148 Å². The molecule has 2 aliphatic rings. The van der Waals surface area contributed by atoms with E-state index in [0.29, 0.717) is 23.5 Å². The van der Waals surface area contributed by atoms with Crippen molar-refractivity contribution in [2.75, 3.05) is 17.8 Å². The number of nitrogens with zero attached hydrogens (tertiary/aromatic N) is 1. The number of carbonyl (C=O) groups excluding carboxylic acids is 2.